The van der Waals surface area contributed by atoms with Gasteiger partial charge >= 0.3 is 0 Å². The highest BCUT2D eigenvalue weighted by Crippen LogP contribution is 2.33. The number of phenolic OH excluding ortho intramolecular Hbond substituents is 1. The molecule has 0 radical (unpaired) electrons. The molecule has 0 atom stereocenters. The summed E-state index contributed by atoms with van der Waals surface area (Å²) in [7, 11) is 0. The van der Waals surface area contributed by atoms with E-state index in [0.29, 0.717) is 29.1 Å². The smallest absolute Gasteiger partial charge is 0.163 e. The minimum atomic E-state index is -0.169. The van der Waals surface area contributed by atoms with Gasteiger partial charge in [0.1, 0.15) is 23.9 Å². The number of nitrogens with zero attached hydrogens (tertiary/aromatic N) is 1. The maximum absolute atomic E-state index is 11.5. The number of hydrogen-bond acceptors (Lipinski definition) is 5. The van der Waals surface area contributed by atoms with Crippen molar-refractivity contribution in [1.82, 2.24) is 4.98 Å². The number of ether oxygens (including phenoxy) is 1. The van der Waals surface area contributed by atoms with Gasteiger partial charge in [0.15, 0.2) is 5.78 Å². The summed E-state index contributed by atoms with van der Waals surface area (Å²) < 4.78 is 5.78. The molecule has 0 aliphatic rings. The standard InChI is InChI=1S/C17H20N2O3/c1-3-5-14-15(8-7-13(11(2)20)16(14)21)22-10-12-6-4-9-19-17(12)18/h4,6-9,21H,3,5,10H2,1-2H3,(H2,18,19). The molecule has 0 unspecified atom stereocenters. The van der Waals surface area contributed by atoms with E-state index < -0.39 is 0 Å². The number of nitrogen functional groups attached to an aromatic ring is 1. The fourth-order valence-corrected chi connectivity index (χ4v) is 2.26. The quantitative estimate of drug-likeness (QED) is 0.801. The van der Waals surface area contributed by atoms with Gasteiger partial charge in [-0.25, -0.2) is 4.98 Å². The van der Waals surface area contributed by atoms with Crippen LogP contribution in [0.25, 0.3) is 0 Å². The van der Waals surface area contributed by atoms with Crippen molar-refractivity contribution in [2.24, 2.45) is 0 Å². The summed E-state index contributed by atoms with van der Waals surface area (Å²) in [5.74, 6) is 0.820. The SMILES string of the molecule is CCCc1c(OCc2cccnc2N)ccc(C(C)=O)c1O. The fraction of sp³-hybridized carbons (Fsp3) is 0.294. The lowest BCUT2D eigenvalue weighted by Gasteiger charge is -2.15. The molecule has 0 aliphatic carbocycles. The Bertz CT molecular complexity index is 684. The lowest BCUT2D eigenvalue weighted by Crippen LogP contribution is -2.05. The average molecular weight is 300 g/mol. The third-order valence-corrected chi connectivity index (χ3v) is 3.43. The monoisotopic (exact) mass is 300 g/mol. The van der Waals surface area contributed by atoms with E-state index in [2.05, 4.69) is 4.98 Å². The zero-order valence-electron chi connectivity index (χ0n) is 12.8. The number of carbonyl (C=O) groups excluding carboxylic acids is 1. The number of carbonyl (C=O) groups is 1. The first kappa shape index (κ1) is 15.8. The highest BCUT2D eigenvalue weighted by Gasteiger charge is 2.16. The Morgan fingerprint density at radius 3 is 2.77 bits per heavy atom. The van der Waals surface area contributed by atoms with Gasteiger partial charge in [0, 0.05) is 17.3 Å². The van der Waals surface area contributed by atoms with Crippen LogP contribution in [-0.4, -0.2) is 15.9 Å². The predicted octanol–water partition coefficient (Wildman–Crippen LogP) is 3.10. The molecule has 0 fully saturated rings. The summed E-state index contributed by atoms with van der Waals surface area (Å²) in [6.45, 7) is 3.69. The van der Waals surface area contributed by atoms with Gasteiger partial charge < -0.3 is 15.6 Å². The van der Waals surface area contributed by atoms with Crippen LogP contribution in [0.4, 0.5) is 5.82 Å². The number of aromatic hydroxyl groups is 1. The second kappa shape index (κ2) is 6.93. The maximum Gasteiger partial charge on any atom is 0.163 e. The molecule has 3 N–H and O–H groups in total. The van der Waals surface area contributed by atoms with Crippen molar-refractivity contribution in [1.29, 1.82) is 0 Å². The normalized spacial score (nSPS) is 10.5. The molecule has 0 saturated heterocycles. The molecule has 22 heavy (non-hydrogen) atoms. The summed E-state index contributed by atoms with van der Waals surface area (Å²) >= 11 is 0. The van der Waals surface area contributed by atoms with Crippen LogP contribution in [0.2, 0.25) is 0 Å². The van der Waals surface area contributed by atoms with Crippen molar-refractivity contribution in [3.8, 4) is 11.5 Å². The molecule has 0 spiro atoms. The number of ketones is 1. The van der Waals surface area contributed by atoms with Gasteiger partial charge in [0.25, 0.3) is 0 Å². The number of phenols is 1. The molecular formula is C17H20N2O3. The number of benzene rings is 1. The van der Waals surface area contributed by atoms with E-state index in [1.165, 1.54) is 6.92 Å². The summed E-state index contributed by atoms with van der Waals surface area (Å²) in [5, 5.41) is 10.3. The third-order valence-electron chi connectivity index (χ3n) is 3.43. The van der Waals surface area contributed by atoms with Crippen LogP contribution in [0.15, 0.2) is 30.5 Å². The Morgan fingerprint density at radius 2 is 2.14 bits per heavy atom. The zero-order chi connectivity index (χ0) is 16.1. The van der Waals surface area contributed by atoms with Gasteiger partial charge in [-0.15, -0.1) is 0 Å². The first-order chi connectivity index (χ1) is 10.5. The summed E-state index contributed by atoms with van der Waals surface area (Å²) in [4.78, 5) is 15.5. The van der Waals surface area contributed by atoms with E-state index in [-0.39, 0.29) is 18.1 Å². The number of nitrogens with two attached hydrogens (primary N) is 1. The highest BCUT2D eigenvalue weighted by atomic mass is 16.5. The molecule has 0 aliphatic heterocycles. The predicted molar refractivity (Wildman–Crippen MR) is 85.1 cm³/mol. The topological polar surface area (TPSA) is 85.4 Å². The van der Waals surface area contributed by atoms with E-state index in [1.807, 2.05) is 13.0 Å². The van der Waals surface area contributed by atoms with Gasteiger partial charge in [-0.05, 0) is 31.5 Å². The number of rotatable bonds is 6. The molecule has 2 rings (SSSR count). The summed E-state index contributed by atoms with van der Waals surface area (Å²) in [6, 6.07) is 6.93. The van der Waals surface area contributed by atoms with Crippen LogP contribution < -0.4 is 10.5 Å². The molecule has 0 amide bonds. The van der Waals surface area contributed by atoms with Crippen molar-refractivity contribution in [2.75, 3.05) is 5.73 Å². The number of hydrogen-bond donors (Lipinski definition) is 2. The molecule has 1 heterocycles. The van der Waals surface area contributed by atoms with E-state index in [1.54, 1.807) is 24.4 Å². The zero-order valence-corrected chi connectivity index (χ0v) is 12.8. The van der Waals surface area contributed by atoms with E-state index >= 15 is 0 Å². The summed E-state index contributed by atoms with van der Waals surface area (Å²) in [6.07, 6.45) is 3.08. The Balaban J connectivity index is 2.29. The van der Waals surface area contributed by atoms with Gasteiger partial charge in [-0.3, -0.25) is 4.79 Å². The summed E-state index contributed by atoms with van der Waals surface area (Å²) in [5.41, 5.74) is 7.53. The van der Waals surface area contributed by atoms with Crippen molar-refractivity contribution in [2.45, 2.75) is 33.3 Å². The molecule has 0 saturated carbocycles. The van der Waals surface area contributed by atoms with Gasteiger partial charge in [-0.2, -0.15) is 0 Å². The first-order valence-electron chi connectivity index (χ1n) is 7.22. The number of pyridine rings is 1. The second-order valence-corrected chi connectivity index (χ2v) is 5.08. The van der Waals surface area contributed by atoms with Crippen LogP contribution >= 0.6 is 0 Å². The molecule has 0 bridgehead atoms. The fourth-order valence-electron chi connectivity index (χ4n) is 2.26. The lowest BCUT2D eigenvalue weighted by atomic mass is 10.0. The van der Waals surface area contributed by atoms with Gasteiger partial charge in [0.05, 0.1) is 5.56 Å². The molecular weight excluding hydrogens is 280 g/mol. The molecule has 116 valence electrons. The van der Waals surface area contributed by atoms with E-state index in [4.69, 9.17) is 10.5 Å². The molecule has 2 aromatic rings. The van der Waals surface area contributed by atoms with Crippen LogP contribution in [0, 0.1) is 0 Å². The molecule has 5 heteroatoms. The van der Waals surface area contributed by atoms with Crippen LogP contribution in [0.3, 0.4) is 0 Å². The van der Waals surface area contributed by atoms with Crippen molar-refractivity contribution >= 4 is 11.6 Å². The highest BCUT2D eigenvalue weighted by molar-refractivity contribution is 5.97. The van der Waals surface area contributed by atoms with E-state index in [0.717, 1.165) is 12.0 Å². The number of anilines is 1. The van der Waals surface area contributed by atoms with E-state index in [9.17, 15) is 9.90 Å². The Kier molecular flexibility index (Phi) is 4.99. The van der Waals surface area contributed by atoms with Crippen LogP contribution in [0.5, 0.6) is 11.5 Å². The minimum Gasteiger partial charge on any atom is -0.507 e. The number of aromatic nitrogens is 1. The Labute approximate surface area is 129 Å². The van der Waals surface area contributed by atoms with Crippen LogP contribution in [0.1, 0.15) is 41.8 Å². The molecule has 5 nitrogen and oxygen atoms in total. The minimum absolute atomic E-state index is 0.00556. The van der Waals surface area contributed by atoms with Gasteiger partial charge in [-0.1, -0.05) is 19.4 Å². The average Bonchev–Trinajstić information content (AvgIpc) is 2.49. The lowest BCUT2D eigenvalue weighted by molar-refractivity contribution is 0.101. The van der Waals surface area contributed by atoms with Crippen molar-refractivity contribution in [3.05, 3.63) is 47.2 Å². The second-order valence-electron chi connectivity index (χ2n) is 5.08. The molecule has 1 aromatic heterocycles. The first-order valence-corrected chi connectivity index (χ1v) is 7.22. The molecule has 1 aromatic carbocycles. The number of Topliss-reactive ketones (excluding diaryl/α,β-unsaturated/α-hetero) is 1. The maximum atomic E-state index is 11.5. The third kappa shape index (κ3) is 3.36. The largest absolute Gasteiger partial charge is 0.507 e. The Hall–Kier alpha value is -2.56. The van der Waals surface area contributed by atoms with Crippen molar-refractivity contribution in [3.63, 3.8) is 0 Å². The van der Waals surface area contributed by atoms with Crippen LogP contribution in [-0.2, 0) is 13.0 Å². The Morgan fingerprint density at radius 1 is 1.36 bits per heavy atom. The van der Waals surface area contributed by atoms with Gasteiger partial charge in [0.2, 0.25) is 0 Å². The van der Waals surface area contributed by atoms with Crippen molar-refractivity contribution < 1.29 is 14.6 Å².